The van der Waals surface area contributed by atoms with Crippen LogP contribution in [0.5, 0.6) is 0 Å². The van der Waals surface area contributed by atoms with Crippen LogP contribution in [0.1, 0.15) is 167 Å². The van der Waals surface area contributed by atoms with Gasteiger partial charge in [0.2, 0.25) is 7.42 Å². The molecule has 0 aliphatic rings. The van der Waals surface area contributed by atoms with Crippen molar-refractivity contribution >= 4 is 29.6 Å². The van der Waals surface area contributed by atoms with Crippen molar-refractivity contribution in [2.75, 3.05) is 6.54 Å². The van der Waals surface area contributed by atoms with Crippen LogP contribution in [0.15, 0.2) is 0 Å². The maximum Gasteiger partial charge on any atom is 0.237 e. The van der Waals surface area contributed by atoms with Gasteiger partial charge in [0.05, 0.1) is 0 Å². The second-order valence-electron chi connectivity index (χ2n) is 10.2. The highest BCUT2D eigenvalue weighted by molar-refractivity contribution is 7.33. The summed E-state index contributed by atoms with van der Waals surface area (Å²) in [5, 5.41) is 0. The third kappa shape index (κ3) is 30.8. The molecule has 32 heavy (non-hydrogen) atoms. The van der Waals surface area contributed by atoms with Crippen molar-refractivity contribution in [3.8, 4) is 0 Å². The molecule has 0 atom stereocenters. The molecule has 4 heteroatoms. The Labute approximate surface area is 214 Å². The Hall–Kier alpha value is 0.757. The van der Waals surface area contributed by atoms with Gasteiger partial charge in [-0.3, -0.25) is 0 Å². The van der Waals surface area contributed by atoms with E-state index in [0.29, 0.717) is 0 Å². The molecule has 0 radical (unpaired) electrons. The van der Waals surface area contributed by atoms with E-state index in [4.69, 9.17) is 27.9 Å². The number of halogens is 2. The van der Waals surface area contributed by atoms with Crippen LogP contribution in [0.4, 0.5) is 0 Å². The van der Waals surface area contributed by atoms with Gasteiger partial charge in [-0.05, 0) is 19.0 Å². The summed E-state index contributed by atoms with van der Waals surface area (Å²) >= 11 is 11.8. The first-order valence-corrected chi connectivity index (χ1v) is 19.1. The highest BCUT2D eigenvalue weighted by atomic mass is 35.7. The first-order chi connectivity index (χ1) is 15.8. The number of rotatable bonds is 28. The quantitative estimate of drug-likeness (QED) is 0.0635. The summed E-state index contributed by atoms with van der Waals surface area (Å²) in [7, 11) is -1.33. The predicted octanol–water partition coefficient (Wildman–Crippen LogP) is 10.8. The topological polar surface area (TPSA) is 26.0 Å². The summed E-state index contributed by atoms with van der Waals surface area (Å²) in [5.74, 6) is 0. The lowest BCUT2D eigenvalue weighted by molar-refractivity contribution is 0.515. The SMILES string of the molecule is NCCCCCCCCCCCCCCCCCCCCCCCCCCCC[SiH](Cl)Cl. The van der Waals surface area contributed by atoms with Gasteiger partial charge in [-0.15, -0.1) is 0 Å². The first kappa shape index (κ1) is 32.8. The average Bonchev–Trinajstić information content (AvgIpc) is 2.78. The van der Waals surface area contributed by atoms with Gasteiger partial charge >= 0.3 is 0 Å². The molecular formula is C28H59Cl2NSi. The highest BCUT2D eigenvalue weighted by Crippen LogP contribution is 2.16. The van der Waals surface area contributed by atoms with Crippen LogP contribution < -0.4 is 5.73 Å². The largest absolute Gasteiger partial charge is 0.330 e. The molecule has 1 nitrogen and oxygen atoms in total. The lowest BCUT2D eigenvalue weighted by Gasteiger charge is -2.04. The Bertz CT molecular complexity index is 329. The minimum atomic E-state index is -1.33. The summed E-state index contributed by atoms with van der Waals surface area (Å²) in [6.45, 7) is 0.870. The molecule has 0 aromatic rings. The summed E-state index contributed by atoms with van der Waals surface area (Å²) in [6.07, 6.45) is 37.1. The van der Waals surface area contributed by atoms with Gasteiger partial charge in [0.1, 0.15) is 0 Å². The summed E-state index contributed by atoms with van der Waals surface area (Å²) in [6, 6.07) is 1.10. The van der Waals surface area contributed by atoms with Gasteiger partial charge in [-0.2, -0.15) is 22.2 Å². The van der Waals surface area contributed by atoms with Crippen LogP contribution in [0.2, 0.25) is 6.04 Å². The average molecular weight is 509 g/mol. The monoisotopic (exact) mass is 507 g/mol. The molecule has 0 aliphatic heterocycles. The molecule has 0 fully saturated rings. The molecule has 0 heterocycles. The minimum absolute atomic E-state index is 0.870. The van der Waals surface area contributed by atoms with Gasteiger partial charge < -0.3 is 5.73 Å². The lowest BCUT2D eigenvalue weighted by Crippen LogP contribution is -1.97. The number of hydrogen-bond acceptors (Lipinski definition) is 1. The van der Waals surface area contributed by atoms with Crippen molar-refractivity contribution in [2.24, 2.45) is 5.73 Å². The maximum absolute atomic E-state index is 5.89. The first-order valence-electron chi connectivity index (χ1n) is 14.8. The molecule has 0 aromatic heterocycles. The smallest absolute Gasteiger partial charge is 0.237 e. The van der Waals surface area contributed by atoms with E-state index in [2.05, 4.69) is 0 Å². The van der Waals surface area contributed by atoms with E-state index in [9.17, 15) is 0 Å². The van der Waals surface area contributed by atoms with Gasteiger partial charge in [-0.1, -0.05) is 161 Å². The molecule has 0 saturated heterocycles. The van der Waals surface area contributed by atoms with E-state index in [1.165, 1.54) is 167 Å². The third-order valence-electron chi connectivity index (χ3n) is 6.88. The zero-order chi connectivity index (χ0) is 23.4. The molecule has 0 saturated carbocycles. The molecule has 0 unspecified atom stereocenters. The molecule has 194 valence electrons. The van der Waals surface area contributed by atoms with Crippen LogP contribution in [0, 0.1) is 0 Å². The van der Waals surface area contributed by atoms with Crippen LogP contribution in [-0.4, -0.2) is 14.0 Å². The van der Waals surface area contributed by atoms with Crippen molar-refractivity contribution in [1.29, 1.82) is 0 Å². The fraction of sp³-hybridized carbons (Fsp3) is 1.00. The van der Waals surface area contributed by atoms with Crippen molar-refractivity contribution in [3.05, 3.63) is 0 Å². The van der Waals surface area contributed by atoms with E-state index < -0.39 is 7.42 Å². The highest BCUT2D eigenvalue weighted by Gasteiger charge is 2.00. The summed E-state index contributed by atoms with van der Waals surface area (Å²) < 4.78 is 0. The van der Waals surface area contributed by atoms with E-state index in [1.807, 2.05) is 0 Å². The zero-order valence-electron chi connectivity index (χ0n) is 21.7. The second-order valence-corrected chi connectivity index (χ2v) is 15.4. The number of nitrogens with two attached hydrogens (primary N) is 1. The van der Waals surface area contributed by atoms with Crippen molar-refractivity contribution in [3.63, 3.8) is 0 Å². The van der Waals surface area contributed by atoms with Gasteiger partial charge in [0.15, 0.2) is 0 Å². The molecule has 0 spiro atoms. The summed E-state index contributed by atoms with van der Waals surface area (Å²) in [4.78, 5) is 0. The van der Waals surface area contributed by atoms with Gasteiger partial charge in [0, 0.05) is 0 Å². The van der Waals surface area contributed by atoms with E-state index in [-0.39, 0.29) is 0 Å². The number of hydrogen-bond donors (Lipinski definition) is 1. The Morgan fingerprint density at radius 1 is 0.312 bits per heavy atom. The fourth-order valence-corrected chi connectivity index (χ4v) is 6.21. The molecular weight excluding hydrogens is 449 g/mol. The normalized spacial score (nSPS) is 11.6. The van der Waals surface area contributed by atoms with Crippen molar-refractivity contribution in [2.45, 2.75) is 173 Å². The molecule has 0 bridgehead atoms. The molecule has 0 amide bonds. The van der Waals surface area contributed by atoms with E-state index in [1.54, 1.807) is 0 Å². The van der Waals surface area contributed by atoms with E-state index in [0.717, 1.165) is 12.6 Å². The summed E-state index contributed by atoms with van der Waals surface area (Å²) in [5.41, 5.74) is 5.53. The fourth-order valence-electron chi connectivity index (χ4n) is 4.69. The van der Waals surface area contributed by atoms with Crippen molar-refractivity contribution in [1.82, 2.24) is 0 Å². The standard InChI is InChI=1S/C28H59Cl2NSi/c29-32(30)28-26-24-22-20-18-16-14-12-10-8-6-4-2-1-3-5-7-9-11-13-15-17-19-21-23-25-27-31/h32H,1-28,31H2. The van der Waals surface area contributed by atoms with Crippen molar-refractivity contribution < 1.29 is 0 Å². The Morgan fingerprint density at radius 3 is 0.688 bits per heavy atom. The number of unbranched alkanes of at least 4 members (excludes halogenated alkanes) is 25. The molecule has 0 aromatic carbocycles. The molecule has 0 aliphatic carbocycles. The van der Waals surface area contributed by atoms with Crippen LogP contribution in [0.25, 0.3) is 0 Å². The lowest BCUT2D eigenvalue weighted by atomic mass is 10.0. The maximum atomic E-state index is 5.89. The minimum Gasteiger partial charge on any atom is -0.330 e. The van der Waals surface area contributed by atoms with Crippen LogP contribution in [0.3, 0.4) is 0 Å². The van der Waals surface area contributed by atoms with Crippen LogP contribution >= 0.6 is 22.2 Å². The Balaban J connectivity index is 3.00. The Morgan fingerprint density at radius 2 is 0.500 bits per heavy atom. The zero-order valence-corrected chi connectivity index (χ0v) is 24.4. The van der Waals surface area contributed by atoms with E-state index >= 15 is 0 Å². The van der Waals surface area contributed by atoms with Gasteiger partial charge in [-0.25, -0.2) is 0 Å². The van der Waals surface area contributed by atoms with Gasteiger partial charge in [0.25, 0.3) is 0 Å². The third-order valence-corrected chi connectivity index (χ3v) is 9.03. The predicted molar refractivity (Wildman–Crippen MR) is 153 cm³/mol. The molecule has 2 N–H and O–H groups in total. The van der Waals surface area contributed by atoms with Crippen LogP contribution in [-0.2, 0) is 0 Å². The molecule has 0 rings (SSSR count). The Kier molecular flexibility index (Phi) is 30.5. The second kappa shape index (κ2) is 29.8.